The van der Waals surface area contributed by atoms with Gasteiger partial charge in [0.25, 0.3) is 0 Å². The first-order valence-electron chi connectivity index (χ1n) is 11.0. The lowest BCUT2D eigenvalue weighted by atomic mass is 9.87. The zero-order valence-electron chi connectivity index (χ0n) is 19.5. The number of hydrogen-bond acceptors (Lipinski definition) is 5. The number of benzene rings is 2. The van der Waals surface area contributed by atoms with Crippen LogP contribution in [0, 0.1) is 0 Å². The first-order valence-corrected chi connectivity index (χ1v) is 11.0. The fourth-order valence-corrected chi connectivity index (χ4v) is 4.24. The Balaban J connectivity index is 1.57. The summed E-state index contributed by atoms with van der Waals surface area (Å²) in [6.45, 7) is 2.76. The van der Waals surface area contributed by atoms with E-state index in [4.69, 9.17) is 9.47 Å². The van der Waals surface area contributed by atoms with Crippen LogP contribution < -0.4 is 14.8 Å². The van der Waals surface area contributed by atoms with Crippen molar-refractivity contribution in [1.82, 2.24) is 10.2 Å². The van der Waals surface area contributed by atoms with Crippen LogP contribution in [0.2, 0.25) is 0 Å². The Kier molecular flexibility index (Phi) is 6.50. The molecule has 1 aliphatic rings. The number of hydrogen-bond donors (Lipinski definition) is 3. The van der Waals surface area contributed by atoms with E-state index in [2.05, 4.69) is 15.5 Å². The van der Waals surface area contributed by atoms with E-state index in [-0.39, 0.29) is 42.6 Å². The number of carbonyl (C=O) groups excluding carboxylic acids is 1. The maximum atomic E-state index is 13.7. The number of methoxy groups -OCH3 is 1. The summed E-state index contributed by atoms with van der Waals surface area (Å²) in [5, 5.41) is 19.4. The van der Waals surface area contributed by atoms with Crippen molar-refractivity contribution < 1.29 is 32.5 Å². The second kappa shape index (κ2) is 9.26. The van der Waals surface area contributed by atoms with Crippen LogP contribution in [0.15, 0.2) is 42.6 Å². The quantitative estimate of drug-likeness (QED) is 0.443. The number of nitrogens with zero attached hydrogens (tertiary/aromatic N) is 1. The molecular formula is C25H26F3N3O4. The van der Waals surface area contributed by atoms with Gasteiger partial charge in [-0.3, -0.25) is 9.89 Å². The third kappa shape index (κ3) is 5.59. The maximum Gasteiger partial charge on any atom is 0.416 e. The lowest BCUT2D eigenvalue weighted by Gasteiger charge is -2.23. The molecule has 0 fully saturated rings. The number of aromatic nitrogens is 2. The molecule has 1 amide bonds. The van der Waals surface area contributed by atoms with E-state index < -0.39 is 17.3 Å². The van der Waals surface area contributed by atoms with E-state index >= 15 is 0 Å². The topological polar surface area (TPSA) is 96.5 Å². The predicted octanol–water partition coefficient (Wildman–Crippen LogP) is 4.80. The molecule has 2 aromatic carbocycles. The van der Waals surface area contributed by atoms with E-state index in [9.17, 15) is 23.1 Å². The molecule has 2 heterocycles. The summed E-state index contributed by atoms with van der Waals surface area (Å²) in [5.74, 6) is 0.751. The van der Waals surface area contributed by atoms with Gasteiger partial charge in [-0.05, 0) is 43.2 Å². The normalized spacial score (nSPS) is 16.0. The number of ether oxygens (including phenoxy) is 2. The maximum absolute atomic E-state index is 13.7. The highest BCUT2D eigenvalue weighted by molar-refractivity contribution is 5.94. The second-order valence-corrected chi connectivity index (χ2v) is 9.18. The van der Waals surface area contributed by atoms with Gasteiger partial charge >= 0.3 is 6.18 Å². The summed E-state index contributed by atoms with van der Waals surface area (Å²) in [6.07, 6.45) is -2.62. The van der Waals surface area contributed by atoms with Crippen LogP contribution in [0.5, 0.6) is 11.5 Å². The van der Waals surface area contributed by atoms with Gasteiger partial charge in [0, 0.05) is 29.9 Å². The molecule has 3 aromatic rings. The van der Waals surface area contributed by atoms with Gasteiger partial charge in [0.1, 0.15) is 12.4 Å². The van der Waals surface area contributed by atoms with Gasteiger partial charge < -0.3 is 19.9 Å². The van der Waals surface area contributed by atoms with Gasteiger partial charge in [-0.15, -0.1) is 0 Å². The van der Waals surface area contributed by atoms with Crippen LogP contribution in [0.3, 0.4) is 0 Å². The van der Waals surface area contributed by atoms with Gasteiger partial charge in [0.2, 0.25) is 5.91 Å². The molecule has 0 radical (unpaired) electrons. The smallest absolute Gasteiger partial charge is 0.416 e. The van der Waals surface area contributed by atoms with Gasteiger partial charge in [-0.2, -0.15) is 18.3 Å². The van der Waals surface area contributed by atoms with Crippen molar-refractivity contribution >= 4 is 11.7 Å². The van der Waals surface area contributed by atoms with E-state index in [1.807, 2.05) is 0 Å². The number of carbonyl (C=O) groups is 1. The molecule has 186 valence electrons. The van der Waals surface area contributed by atoms with Crippen molar-refractivity contribution in [2.45, 2.75) is 51.0 Å². The van der Waals surface area contributed by atoms with Crippen LogP contribution in [0.4, 0.5) is 19.0 Å². The fraction of sp³-hybridized carbons (Fsp3) is 0.360. The van der Waals surface area contributed by atoms with Crippen LogP contribution in [-0.4, -0.2) is 33.9 Å². The Morgan fingerprint density at radius 2 is 1.91 bits per heavy atom. The Hall–Kier alpha value is -3.53. The summed E-state index contributed by atoms with van der Waals surface area (Å²) in [5.41, 5.74) is 0.0305. The average Bonchev–Trinajstić information content (AvgIpc) is 3.24. The molecule has 4 rings (SSSR count). The van der Waals surface area contributed by atoms with Gasteiger partial charge in [-0.25, -0.2) is 0 Å². The molecule has 1 aliphatic heterocycles. The van der Waals surface area contributed by atoms with E-state index in [0.717, 1.165) is 17.2 Å². The van der Waals surface area contributed by atoms with E-state index in [0.29, 0.717) is 17.1 Å². The minimum absolute atomic E-state index is 0.0323. The van der Waals surface area contributed by atoms with Gasteiger partial charge in [0.15, 0.2) is 11.5 Å². The molecule has 7 nitrogen and oxygen atoms in total. The van der Waals surface area contributed by atoms with Crippen LogP contribution in [0.25, 0.3) is 0 Å². The van der Waals surface area contributed by atoms with Crippen molar-refractivity contribution in [3.63, 3.8) is 0 Å². The number of amides is 1. The number of aliphatic hydroxyl groups is 1. The third-order valence-corrected chi connectivity index (χ3v) is 5.79. The van der Waals surface area contributed by atoms with Crippen molar-refractivity contribution in [2.75, 3.05) is 12.4 Å². The molecule has 3 N–H and O–H groups in total. The Bertz CT molecular complexity index is 1230. The summed E-state index contributed by atoms with van der Waals surface area (Å²) >= 11 is 0. The lowest BCUT2D eigenvalue weighted by molar-refractivity contribution is -0.138. The lowest BCUT2D eigenvalue weighted by Crippen LogP contribution is -2.23. The first-order chi connectivity index (χ1) is 16.4. The van der Waals surface area contributed by atoms with E-state index in [1.54, 1.807) is 44.3 Å². The molecule has 35 heavy (non-hydrogen) atoms. The first kappa shape index (κ1) is 24.6. The monoisotopic (exact) mass is 489 g/mol. The predicted molar refractivity (Wildman–Crippen MR) is 122 cm³/mol. The molecule has 1 aromatic heterocycles. The van der Waals surface area contributed by atoms with Gasteiger partial charge in [-0.1, -0.05) is 18.2 Å². The largest absolute Gasteiger partial charge is 0.493 e. The van der Waals surface area contributed by atoms with Crippen LogP contribution >= 0.6 is 0 Å². The minimum Gasteiger partial charge on any atom is -0.493 e. The number of aromatic amines is 1. The number of halogens is 3. The number of anilines is 1. The van der Waals surface area contributed by atoms with Crippen molar-refractivity contribution in [2.24, 2.45) is 0 Å². The van der Waals surface area contributed by atoms with Crippen molar-refractivity contribution in [3.05, 3.63) is 70.4 Å². The van der Waals surface area contributed by atoms with Gasteiger partial charge in [0.05, 0.1) is 24.5 Å². The summed E-state index contributed by atoms with van der Waals surface area (Å²) in [7, 11) is 1.44. The minimum atomic E-state index is -4.58. The Labute approximate surface area is 200 Å². The highest BCUT2D eigenvalue weighted by Crippen LogP contribution is 2.40. The standard InChI is InChI=1S/C25H26F3N3O4/c1-24(2,33)11-14-4-5-16(19(8-14)25(26,27)28)13-35-20-7-6-15(9-21(20)34-3)17-10-22(32)30-23-18(17)12-29-31-23/h4-9,12,17,33H,10-11,13H2,1-3H3,(H2,29,30,31,32)/t17-/m0/s1. The average molecular weight is 489 g/mol. The fourth-order valence-electron chi connectivity index (χ4n) is 4.24. The van der Waals surface area contributed by atoms with E-state index in [1.165, 1.54) is 13.2 Å². The highest BCUT2D eigenvalue weighted by atomic mass is 19.4. The molecule has 0 bridgehead atoms. The van der Waals surface area contributed by atoms with Crippen LogP contribution in [0.1, 0.15) is 54.0 Å². The molecule has 1 atom stereocenters. The highest BCUT2D eigenvalue weighted by Gasteiger charge is 2.34. The zero-order chi connectivity index (χ0) is 25.4. The molecule has 10 heteroatoms. The second-order valence-electron chi connectivity index (χ2n) is 9.18. The number of fused-ring (bicyclic) bond motifs is 1. The Morgan fingerprint density at radius 3 is 2.60 bits per heavy atom. The van der Waals surface area contributed by atoms with Crippen molar-refractivity contribution in [3.8, 4) is 11.5 Å². The number of H-pyrrole nitrogens is 1. The molecule has 0 saturated heterocycles. The molecule has 0 aliphatic carbocycles. The SMILES string of the molecule is COc1cc([C@@H]2CC(=O)Nc3[nH]ncc32)ccc1OCc1ccc(CC(C)(C)O)cc1C(F)(F)F. The van der Waals surface area contributed by atoms with Crippen LogP contribution in [-0.2, 0) is 24.0 Å². The third-order valence-electron chi connectivity index (χ3n) is 5.79. The molecule has 0 saturated carbocycles. The summed E-state index contributed by atoms with van der Waals surface area (Å²) in [4.78, 5) is 12.1. The van der Waals surface area contributed by atoms with Crippen molar-refractivity contribution in [1.29, 1.82) is 0 Å². The summed E-state index contributed by atoms with van der Waals surface area (Å²) < 4.78 is 52.4. The molecular weight excluding hydrogens is 463 g/mol. The number of nitrogens with one attached hydrogen (secondary N) is 2. The molecule has 0 unspecified atom stereocenters. The molecule has 0 spiro atoms. The Morgan fingerprint density at radius 1 is 1.14 bits per heavy atom. The summed E-state index contributed by atoms with van der Waals surface area (Å²) in [6, 6.07) is 9.07. The number of alkyl halides is 3. The zero-order valence-corrected chi connectivity index (χ0v) is 19.5. The number of rotatable bonds is 7.